The number of hydrogen-bond acceptors (Lipinski definition) is 6. The van der Waals surface area contributed by atoms with Gasteiger partial charge in [0.05, 0.1) is 24.7 Å². The van der Waals surface area contributed by atoms with Crippen molar-refractivity contribution in [3.05, 3.63) is 77.0 Å². The van der Waals surface area contributed by atoms with E-state index >= 15 is 0 Å². The number of carbonyl (C=O) groups excluding carboxylic acids is 1. The number of ether oxygens (including phenoxy) is 1. The predicted molar refractivity (Wildman–Crippen MR) is 129 cm³/mol. The Labute approximate surface area is 194 Å². The fourth-order valence-electron chi connectivity index (χ4n) is 3.43. The van der Waals surface area contributed by atoms with Crippen LogP contribution in [0.3, 0.4) is 0 Å². The zero-order chi connectivity index (χ0) is 24.2. The molecule has 0 saturated carbocycles. The quantitative estimate of drug-likeness (QED) is 0.521. The monoisotopic (exact) mass is 468 g/mol. The minimum absolute atomic E-state index is 0.0697. The first kappa shape index (κ1) is 24.2. The van der Waals surface area contributed by atoms with Crippen molar-refractivity contribution in [2.24, 2.45) is 0 Å². The van der Waals surface area contributed by atoms with Gasteiger partial charge in [0.25, 0.3) is 15.9 Å². The van der Waals surface area contributed by atoms with Crippen LogP contribution in [0, 0.1) is 13.8 Å². The maximum absolute atomic E-state index is 13.2. The number of aryl methyl sites for hydroxylation is 2. The molecule has 174 valence electrons. The summed E-state index contributed by atoms with van der Waals surface area (Å²) >= 11 is 0. The summed E-state index contributed by atoms with van der Waals surface area (Å²) in [6.07, 6.45) is 1.36. The molecule has 2 aromatic carbocycles. The summed E-state index contributed by atoms with van der Waals surface area (Å²) in [6.45, 7) is 4.23. The molecule has 8 nitrogen and oxygen atoms in total. The second kappa shape index (κ2) is 10.0. The van der Waals surface area contributed by atoms with Gasteiger partial charge in [-0.1, -0.05) is 36.4 Å². The van der Waals surface area contributed by atoms with Crippen molar-refractivity contribution in [2.45, 2.75) is 25.3 Å². The van der Waals surface area contributed by atoms with E-state index in [0.29, 0.717) is 17.8 Å². The van der Waals surface area contributed by atoms with Crippen LogP contribution in [0.25, 0.3) is 0 Å². The highest BCUT2D eigenvalue weighted by molar-refractivity contribution is 7.92. The summed E-state index contributed by atoms with van der Waals surface area (Å²) in [5.74, 6) is -0.426. The minimum Gasteiger partial charge on any atom is -0.480 e. The molecule has 0 atom stereocenters. The second-order valence-corrected chi connectivity index (χ2v) is 9.60. The zero-order valence-corrected chi connectivity index (χ0v) is 20.2. The van der Waals surface area contributed by atoms with Crippen molar-refractivity contribution in [3.63, 3.8) is 0 Å². The molecule has 0 bridgehead atoms. The highest BCUT2D eigenvalue weighted by Gasteiger charge is 2.24. The van der Waals surface area contributed by atoms with Crippen molar-refractivity contribution < 1.29 is 17.9 Å². The standard InChI is InChI=1S/C24H28N4O4S/c1-16-9-8-10-17(2)22(16)27-33(30,31)21-13-19(14-25-24(21)32-5)26-23(29)20-12-7-6-11-18(20)15-28(3)4/h6-14,27H,15H2,1-5H3,(H,26,29). The molecule has 33 heavy (non-hydrogen) atoms. The number of carbonyl (C=O) groups is 1. The largest absolute Gasteiger partial charge is 0.480 e. The lowest BCUT2D eigenvalue weighted by Gasteiger charge is -2.16. The van der Waals surface area contributed by atoms with Crippen molar-refractivity contribution >= 4 is 27.3 Å². The summed E-state index contributed by atoms with van der Waals surface area (Å²) in [5, 5.41) is 2.75. The molecule has 1 heterocycles. The lowest BCUT2D eigenvalue weighted by molar-refractivity contribution is 0.102. The molecule has 0 unspecified atom stereocenters. The number of hydrogen-bond donors (Lipinski definition) is 2. The lowest BCUT2D eigenvalue weighted by Crippen LogP contribution is -2.19. The van der Waals surface area contributed by atoms with E-state index in [1.54, 1.807) is 12.1 Å². The molecular formula is C24H28N4O4S. The lowest BCUT2D eigenvalue weighted by atomic mass is 10.1. The van der Waals surface area contributed by atoms with Crippen LogP contribution in [0.5, 0.6) is 5.88 Å². The maximum Gasteiger partial charge on any atom is 0.267 e. The van der Waals surface area contributed by atoms with Gasteiger partial charge in [0.2, 0.25) is 5.88 Å². The highest BCUT2D eigenvalue weighted by Crippen LogP contribution is 2.29. The first-order chi connectivity index (χ1) is 15.6. The summed E-state index contributed by atoms with van der Waals surface area (Å²) in [7, 11) is 1.14. The van der Waals surface area contributed by atoms with E-state index < -0.39 is 10.0 Å². The first-order valence-corrected chi connectivity index (χ1v) is 11.8. The smallest absolute Gasteiger partial charge is 0.267 e. The van der Waals surface area contributed by atoms with Gasteiger partial charge in [-0.05, 0) is 56.8 Å². The van der Waals surface area contributed by atoms with E-state index in [0.717, 1.165) is 16.7 Å². The molecule has 0 radical (unpaired) electrons. The minimum atomic E-state index is -4.04. The second-order valence-electron chi connectivity index (χ2n) is 7.95. The number of amides is 1. The number of methoxy groups -OCH3 is 1. The van der Waals surface area contributed by atoms with Gasteiger partial charge in [-0.2, -0.15) is 0 Å². The third-order valence-electron chi connectivity index (χ3n) is 5.03. The molecule has 0 spiro atoms. The Morgan fingerprint density at radius 3 is 2.36 bits per heavy atom. The van der Waals surface area contributed by atoms with Crippen LogP contribution >= 0.6 is 0 Å². The molecule has 1 aromatic heterocycles. The van der Waals surface area contributed by atoms with Crippen molar-refractivity contribution in [2.75, 3.05) is 31.2 Å². The summed E-state index contributed by atoms with van der Waals surface area (Å²) < 4.78 is 34.3. The molecule has 0 aliphatic heterocycles. The van der Waals surface area contributed by atoms with E-state index in [9.17, 15) is 13.2 Å². The molecule has 3 rings (SSSR count). The van der Waals surface area contributed by atoms with Crippen LogP contribution in [0.15, 0.2) is 59.6 Å². The van der Waals surface area contributed by atoms with Gasteiger partial charge < -0.3 is 15.0 Å². The van der Waals surface area contributed by atoms with Crippen LogP contribution in [-0.2, 0) is 16.6 Å². The summed E-state index contributed by atoms with van der Waals surface area (Å²) in [4.78, 5) is 18.9. The van der Waals surface area contributed by atoms with Gasteiger partial charge in [0.15, 0.2) is 4.90 Å². The van der Waals surface area contributed by atoms with E-state index in [-0.39, 0.29) is 22.4 Å². The van der Waals surface area contributed by atoms with E-state index in [2.05, 4.69) is 15.0 Å². The fraction of sp³-hybridized carbons (Fsp3) is 0.250. The third kappa shape index (κ3) is 5.68. The molecule has 0 aliphatic carbocycles. The Morgan fingerprint density at radius 2 is 1.73 bits per heavy atom. The summed E-state index contributed by atoms with van der Waals surface area (Å²) in [6, 6.07) is 14.1. The maximum atomic E-state index is 13.2. The van der Waals surface area contributed by atoms with Crippen molar-refractivity contribution in [1.29, 1.82) is 0 Å². The molecule has 9 heteroatoms. The van der Waals surface area contributed by atoms with Gasteiger partial charge in [-0.15, -0.1) is 0 Å². The number of para-hydroxylation sites is 1. The van der Waals surface area contributed by atoms with Crippen LogP contribution in [0.2, 0.25) is 0 Å². The Kier molecular flexibility index (Phi) is 7.35. The molecule has 0 fully saturated rings. The Morgan fingerprint density at radius 1 is 1.06 bits per heavy atom. The SMILES string of the molecule is COc1ncc(NC(=O)c2ccccc2CN(C)C)cc1S(=O)(=O)Nc1c(C)cccc1C. The van der Waals surface area contributed by atoms with Gasteiger partial charge in [-0.25, -0.2) is 13.4 Å². The number of benzene rings is 2. The van der Waals surface area contributed by atoms with Crippen LogP contribution in [0.1, 0.15) is 27.0 Å². The Bertz CT molecular complexity index is 1250. The highest BCUT2D eigenvalue weighted by atomic mass is 32.2. The average molecular weight is 469 g/mol. The fourth-order valence-corrected chi connectivity index (χ4v) is 4.78. The number of nitrogens with zero attached hydrogens (tertiary/aromatic N) is 2. The number of aromatic nitrogens is 1. The molecule has 2 N–H and O–H groups in total. The van der Waals surface area contributed by atoms with Gasteiger partial charge in [0.1, 0.15) is 0 Å². The molecule has 3 aromatic rings. The van der Waals surface area contributed by atoms with Crippen molar-refractivity contribution in [3.8, 4) is 5.88 Å². The van der Waals surface area contributed by atoms with E-state index in [1.807, 2.05) is 63.2 Å². The molecule has 1 amide bonds. The molecular weight excluding hydrogens is 440 g/mol. The zero-order valence-electron chi connectivity index (χ0n) is 19.3. The number of nitrogens with one attached hydrogen (secondary N) is 2. The van der Waals surface area contributed by atoms with Crippen LogP contribution < -0.4 is 14.8 Å². The van der Waals surface area contributed by atoms with Gasteiger partial charge in [-0.3, -0.25) is 9.52 Å². The Balaban J connectivity index is 1.94. The van der Waals surface area contributed by atoms with Gasteiger partial charge >= 0.3 is 0 Å². The Hall–Kier alpha value is -3.43. The number of sulfonamides is 1. The van der Waals surface area contributed by atoms with Crippen LogP contribution in [-0.4, -0.2) is 45.4 Å². The first-order valence-electron chi connectivity index (χ1n) is 10.3. The number of pyridine rings is 1. The average Bonchev–Trinajstić information content (AvgIpc) is 2.76. The molecule has 0 aliphatic rings. The molecule has 0 saturated heterocycles. The summed E-state index contributed by atoms with van der Waals surface area (Å²) in [5.41, 5.74) is 3.65. The number of rotatable bonds is 8. The van der Waals surface area contributed by atoms with E-state index in [1.165, 1.54) is 19.4 Å². The predicted octanol–water partition coefficient (Wildman–Crippen LogP) is 3.82. The topological polar surface area (TPSA) is 101 Å². The third-order valence-corrected chi connectivity index (χ3v) is 6.37. The number of anilines is 2. The normalized spacial score (nSPS) is 11.3. The van der Waals surface area contributed by atoms with E-state index in [4.69, 9.17) is 4.74 Å². The van der Waals surface area contributed by atoms with Crippen LogP contribution in [0.4, 0.5) is 11.4 Å². The van der Waals surface area contributed by atoms with Crippen molar-refractivity contribution in [1.82, 2.24) is 9.88 Å². The van der Waals surface area contributed by atoms with Gasteiger partial charge in [0, 0.05) is 12.1 Å².